The number of esters is 1. The van der Waals surface area contributed by atoms with Crippen LogP contribution in [0, 0.1) is 11.8 Å². The van der Waals surface area contributed by atoms with Crippen molar-refractivity contribution in [3.05, 3.63) is 10.6 Å². The zero-order valence-electron chi connectivity index (χ0n) is 11.3. The van der Waals surface area contributed by atoms with Gasteiger partial charge in [-0.05, 0) is 19.8 Å². The van der Waals surface area contributed by atoms with Crippen LogP contribution in [0.3, 0.4) is 0 Å². The molecule has 8 heteroatoms. The maximum absolute atomic E-state index is 12.0. The third-order valence-corrected chi connectivity index (χ3v) is 5.44. The molecule has 3 aliphatic heterocycles. The number of aliphatic carboxylic acids is 1. The number of thioether (sulfide) groups is 1. The van der Waals surface area contributed by atoms with E-state index in [4.69, 9.17) is 4.74 Å². The van der Waals surface area contributed by atoms with Crippen molar-refractivity contribution in [3.63, 3.8) is 0 Å². The summed E-state index contributed by atoms with van der Waals surface area (Å²) in [6.45, 7) is 1.87. The highest BCUT2D eigenvalue weighted by atomic mass is 32.2. The summed E-state index contributed by atoms with van der Waals surface area (Å²) in [5, 5.41) is 18.6. The molecule has 3 aliphatic rings. The molecule has 3 rings (SSSR count). The Bertz CT molecular complexity index is 557. The molecule has 4 atom stereocenters. The van der Waals surface area contributed by atoms with Crippen LogP contribution in [0.4, 0.5) is 0 Å². The first kappa shape index (κ1) is 14.4. The number of aliphatic hydroxyl groups excluding tert-OH is 1. The molecule has 2 saturated heterocycles. The van der Waals surface area contributed by atoms with Gasteiger partial charge in [-0.1, -0.05) is 0 Å². The SMILES string of the molecule is C[C@@H](O)[C@H]1C(=O)N2C(C(=O)O)=C(CC3CCOC3=O)S[C@H]12. The Balaban J connectivity index is 1.84. The Kier molecular flexibility index (Phi) is 3.45. The van der Waals surface area contributed by atoms with Crippen molar-refractivity contribution in [1.29, 1.82) is 0 Å². The van der Waals surface area contributed by atoms with Crippen molar-refractivity contribution in [3.8, 4) is 0 Å². The topological polar surface area (TPSA) is 104 Å². The minimum atomic E-state index is -1.18. The number of fused-ring (bicyclic) bond motifs is 1. The summed E-state index contributed by atoms with van der Waals surface area (Å²) in [5.41, 5.74) is -0.0494. The zero-order valence-corrected chi connectivity index (χ0v) is 12.1. The number of β-lactam (4-membered cyclic amide) rings is 1. The molecule has 2 N–H and O–H groups in total. The second-order valence-electron chi connectivity index (χ2n) is 5.42. The highest BCUT2D eigenvalue weighted by molar-refractivity contribution is 8.04. The second-order valence-corrected chi connectivity index (χ2v) is 6.63. The number of rotatable bonds is 4. The first-order valence-corrected chi connectivity index (χ1v) is 7.60. The molecule has 0 saturated carbocycles. The zero-order chi connectivity index (χ0) is 15.3. The minimum absolute atomic E-state index is 0.0494. The molecule has 0 aromatic rings. The van der Waals surface area contributed by atoms with Crippen LogP contribution in [0.5, 0.6) is 0 Å². The molecule has 3 heterocycles. The van der Waals surface area contributed by atoms with Crippen LogP contribution in [0.1, 0.15) is 19.8 Å². The van der Waals surface area contributed by atoms with Crippen LogP contribution < -0.4 is 0 Å². The summed E-state index contributed by atoms with van der Waals surface area (Å²) < 4.78 is 4.88. The lowest BCUT2D eigenvalue weighted by atomic mass is 9.92. The molecule has 2 fully saturated rings. The molecule has 0 aromatic carbocycles. The van der Waals surface area contributed by atoms with E-state index in [1.807, 2.05) is 0 Å². The number of amides is 1. The molecule has 1 unspecified atom stereocenters. The summed E-state index contributed by atoms with van der Waals surface area (Å²) in [5.74, 6) is -2.80. The van der Waals surface area contributed by atoms with Gasteiger partial charge in [0.1, 0.15) is 11.1 Å². The van der Waals surface area contributed by atoms with E-state index in [-0.39, 0.29) is 35.3 Å². The highest BCUT2D eigenvalue weighted by Gasteiger charge is 2.57. The second kappa shape index (κ2) is 5.03. The average molecular weight is 313 g/mol. The monoisotopic (exact) mass is 313 g/mol. The molecule has 0 aromatic heterocycles. The highest BCUT2D eigenvalue weighted by Crippen LogP contribution is 2.52. The molecule has 0 aliphatic carbocycles. The largest absolute Gasteiger partial charge is 0.477 e. The normalized spacial score (nSPS) is 32.9. The van der Waals surface area contributed by atoms with Gasteiger partial charge in [0.15, 0.2) is 0 Å². The molecular weight excluding hydrogens is 298 g/mol. The van der Waals surface area contributed by atoms with Crippen LogP contribution in [0.2, 0.25) is 0 Å². The summed E-state index contributed by atoms with van der Waals surface area (Å²) in [7, 11) is 0. The number of allylic oxidation sites excluding steroid dienone is 1. The standard InChI is InChI=1S/C13H15NO6S/c1-5(15)8-10(16)14-9(12(17)18)7(21-11(8)14)4-6-2-3-20-13(6)19/h5-6,8,11,15H,2-4H2,1H3,(H,17,18)/t5-,6?,8+,11-/m1/s1. The molecule has 21 heavy (non-hydrogen) atoms. The van der Waals surface area contributed by atoms with Gasteiger partial charge in [0.2, 0.25) is 5.91 Å². The lowest BCUT2D eigenvalue weighted by molar-refractivity contribution is -0.156. The van der Waals surface area contributed by atoms with E-state index in [9.17, 15) is 24.6 Å². The molecule has 114 valence electrons. The van der Waals surface area contributed by atoms with Crippen molar-refractivity contribution in [2.24, 2.45) is 11.8 Å². The number of carbonyl (C=O) groups is 3. The van der Waals surface area contributed by atoms with Gasteiger partial charge < -0.3 is 14.9 Å². The molecule has 1 amide bonds. The van der Waals surface area contributed by atoms with Crippen molar-refractivity contribution >= 4 is 29.6 Å². The molecule has 0 radical (unpaired) electrons. The number of cyclic esters (lactones) is 1. The van der Waals surface area contributed by atoms with Crippen molar-refractivity contribution < 1.29 is 29.3 Å². The van der Waals surface area contributed by atoms with Crippen LogP contribution in [0.25, 0.3) is 0 Å². The van der Waals surface area contributed by atoms with Crippen LogP contribution >= 0.6 is 11.8 Å². The Labute approximate surface area is 124 Å². The van der Waals surface area contributed by atoms with Gasteiger partial charge in [0.05, 0.1) is 24.5 Å². The Hall–Kier alpha value is -1.54. The summed E-state index contributed by atoms with van der Waals surface area (Å²) in [4.78, 5) is 36.7. The molecule has 0 spiro atoms. The number of carboxylic acids is 1. The van der Waals surface area contributed by atoms with Gasteiger partial charge in [-0.2, -0.15) is 0 Å². The molecule has 0 bridgehead atoms. The number of hydrogen-bond donors (Lipinski definition) is 2. The Morgan fingerprint density at radius 1 is 1.52 bits per heavy atom. The van der Waals surface area contributed by atoms with Gasteiger partial charge >= 0.3 is 11.9 Å². The van der Waals surface area contributed by atoms with E-state index in [1.165, 1.54) is 23.6 Å². The predicted molar refractivity (Wildman–Crippen MR) is 71.7 cm³/mol. The number of nitrogens with zero attached hydrogens (tertiary/aromatic N) is 1. The fourth-order valence-corrected chi connectivity index (χ4v) is 4.64. The van der Waals surface area contributed by atoms with Gasteiger partial charge in [-0.3, -0.25) is 14.5 Å². The average Bonchev–Trinajstić information content (AvgIpc) is 2.92. The van der Waals surface area contributed by atoms with Gasteiger partial charge in [-0.25, -0.2) is 4.79 Å². The molecular formula is C13H15NO6S. The molecule has 7 nitrogen and oxygen atoms in total. The third-order valence-electron chi connectivity index (χ3n) is 4.05. The summed E-state index contributed by atoms with van der Waals surface area (Å²) in [6, 6.07) is 0. The quantitative estimate of drug-likeness (QED) is 0.562. The van der Waals surface area contributed by atoms with Gasteiger partial charge in [0.25, 0.3) is 0 Å². The van der Waals surface area contributed by atoms with E-state index >= 15 is 0 Å². The first-order valence-electron chi connectivity index (χ1n) is 6.72. The van der Waals surface area contributed by atoms with E-state index in [0.29, 0.717) is 17.9 Å². The lowest BCUT2D eigenvalue weighted by Crippen LogP contribution is -2.60. The van der Waals surface area contributed by atoms with E-state index in [1.54, 1.807) is 0 Å². The number of aliphatic hydroxyl groups is 1. The first-order chi connectivity index (χ1) is 9.91. The number of carbonyl (C=O) groups excluding carboxylic acids is 2. The van der Waals surface area contributed by atoms with E-state index in [2.05, 4.69) is 0 Å². The van der Waals surface area contributed by atoms with E-state index < -0.39 is 18.0 Å². The van der Waals surface area contributed by atoms with Gasteiger partial charge in [0, 0.05) is 4.91 Å². The fourth-order valence-electron chi connectivity index (χ4n) is 2.94. The fraction of sp³-hybridized carbons (Fsp3) is 0.615. The van der Waals surface area contributed by atoms with E-state index in [0.717, 1.165) is 0 Å². The predicted octanol–water partition coefficient (Wildman–Crippen LogP) is 0.148. The van der Waals surface area contributed by atoms with Crippen LogP contribution in [-0.2, 0) is 19.1 Å². The van der Waals surface area contributed by atoms with Crippen molar-refractivity contribution in [2.45, 2.75) is 31.2 Å². The van der Waals surface area contributed by atoms with Crippen molar-refractivity contribution in [2.75, 3.05) is 6.61 Å². The van der Waals surface area contributed by atoms with Crippen molar-refractivity contribution in [1.82, 2.24) is 4.90 Å². The number of ether oxygens (including phenoxy) is 1. The van der Waals surface area contributed by atoms with Crippen LogP contribution in [0.15, 0.2) is 10.6 Å². The van der Waals surface area contributed by atoms with Crippen LogP contribution in [-0.4, -0.2) is 51.0 Å². The van der Waals surface area contributed by atoms with Gasteiger partial charge in [-0.15, -0.1) is 11.8 Å². The number of carboxylic acid groups (broad SMARTS) is 1. The third kappa shape index (κ3) is 2.13. The smallest absolute Gasteiger partial charge is 0.353 e. The minimum Gasteiger partial charge on any atom is -0.477 e. The summed E-state index contributed by atoms with van der Waals surface area (Å²) in [6.07, 6.45) is 0.0173. The lowest BCUT2D eigenvalue weighted by Gasteiger charge is -2.43. The Morgan fingerprint density at radius 3 is 2.76 bits per heavy atom. The number of hydrogen-bond acceptors (Lipinski definition) is 6. The maximum atomic E-state index is 12.0. The Morgan fingerprint density at radius 2 is 2.24 bits per heavy atom. The summed E-state index contributed by atoms with van der Waals surface area (Å²) >= 11 is 1.26. The maximum Gasteiger partial charge on any atom is 0.353 e.